The van der Waals surface area contributed by atoms with Crippen molar-refractivity contribution in [1.82, 2.24) is 20.1 Å². The number of nitriles is 1. The standard InChI is InChI=1S/C18H19N5O/c1-23-12-15(17(22-23)13-6-8-20-9-7-13)10-14(11-19)18(24)21-16-4-2-3-5-16/h6-10,12,16H,2-5H2,1H3,(H,21,24). The number of nitrogens with one attached hydrogen (secondary N) is 1. The van der Waals surface area contributed by atoms with Crippen LogP contribution in [0.15, 0.2) is 36.3 Å². The predicted octanol–water partition coefficient (Wildman–Crippen LogP) is 2.45. The summed E-state index contributed by atoms with van der Waals surface area (Å²) in [6.07, 6.45) is 11.0. The molecule has 0 unspecified atom stereocenters. The highest BCUT2D eigenvalue weighted by molar-refractivity contribution is 6.02. The van der Waals surface area contributed by atoms with Crippen molar-refractivity contribution in [1.29, 1.82) is 5.26 Å². The lowest BCUT2D eigenvalue weighted by Gasteiger charge is -2.10. The molecule has 1 aliphatic rings. The molecule has 1 fully saturated rings. The summed E-state index contributed by atoms with van der Waals surface area (Å²) < 4.78 is 1.67. The van der Waals surface area contributed by atoms with Crippen LogP contribution in [0.25, 0.3) is 17.3 Å². The van der Waals surface area contributed by atoms with Crippen LogP contribution in [0.5, 0.6) is 0 Å². The SMILES string of the molecule is Cn1cc(C=C(C#N)C(=O)NC2CCCC2)c(-c2ccncc2)n1. The topological polar surface area (TPSA) is 83.6 Å². The Morgan fingerprint density at radius 1 is 1.38 bits per heavy atom. The van der Waals surface area contributed by atoms with Gasteiger partial charge in [0.1, 0.15) is 11.6 Å². The second-order valence-electron chi connectivity index (χ2n) is 5.97. The molecule has 0 atom stereocenters. The second kappa shape index (κ2) is 7.09. The number of carbonyl (C=O) groups is 1. The van der Waals surface area contributed by atoms with Crippen LogP contribution in [-0.4, -0.2) is 26.7 Å². The van der Waals surface area contributed by atoms with Crippen LogP contribution in [0.3, 0.4) is 0 Å². The number of aryl methyl sites for hydroxylation is 1. The van der Waals surface area contributed by atoms with Crippen LogP contribution in [0, 0.1) is 11.3 Å². The largest absolute Gasteiger partial charge is 0.349 e. The van der Waals surface area contributed by atoms with Gasteiger partial charge < -0.3 is 5.32 Å². The van der Waals surface area contributed by atoms with Gasteiger partial charge in [-0.15, -0.1) is 0 Å². The van der Waals surface area contributed by atoms with Crippen molar-refractivity contribution in [3.63, 3.8) is 0 Å². The maximum atomic E-state index is 12.4. The molecule has 1 aliphatic carbocycles. The molecule has 1 saturated carbocycles. The highest BCUT2D eigenvalue weighted by Crippen LogP contribution is 2.24. The Morgan fingerprint density at radius 2 is 2.08 bits per heavy atom. The van der Waals surface area contributed by atoms with E-state index in [2.05, 4.69) is 15.4 Å². The number of hydrogen-bond donors (Lipinski definition) is 1. The molecular formula is C18H19N5O. The van der Waals surface area contributed by atoms with Gasteiger partial charge in [0.05, 0.1) is 5.69 Å². The van der Waals surface area contributed by atoms with Crippen molar-refractivity contribution in [2.75, 3.05) is 0 Å². The molecule has 0 aromatic carbocycles. The summed E-state index contributed by atoms with van der Waals surface area (Å²) in [5.74, 6) is -0.311. The number of nitrogens with zero attached hydrogens (tertiary/aromatic N) is 4. The van der Waals surface area contributed by atoms with Crippen LogP contribution in [0.4, 0.5) is 0 Å². The van der Waals surface area contributed by atoms with E-state index >= 15 is 0 Å². The van der Waals surface area contributed by atoms with E-state index < -0.39 is 0 Å². The van der Waals surface area contributed by atoms with E-state index in [4.69, 9.17) is 0 Å². The third kappa shape index (κ3) is 3.51. The van der Waals surface area contributed by atoms with Gasteiger partial charge in [-0.3, -0.25) is 14.5 Å². The maximum absolute atomic E-state index is 12.4. The second-order valence-corrected chi connectivity index (χ2v) is 5.97. The number of amides is 1. The molecule has 2 aromatic rings. The van der Waals surface area contributed by atoms with E-state index in [1.807, 2.05) is 25.2 Å². The van der Waals surface area contributed by atoms with Gasteiger partial charge in [-0.2, -0.15) is 10.4 Å². The average Bonchev–Trinajstić information content (AvgIpc) is 3.22. The van der Waals surface area contributed by atoms with E-state index in [0.717, 1.165) is 42.5 Å². The summed E-state index contributed by atoms with van der Waals surface area (Å²) in [5, 5.41) is 16.8. The zero-order valence-electron chi connectivity index (χ0n) is 13.6. The molecule has 0 spiro atoms. The zero-order valence-corrected chi connectivity index (χ0v) is 13.6. The van der Waals surface area contributed by atoms with Crippen LogP contribution in [0.1, 0.15) is 31.2 Å². The van der Waals surface area contributed by atoms with Gasteiger partial charge in [0.2, 0.25) is 0 Å². The first-order valence-electron chi connectivity index (χ1n) is 8.04. The Kier molecular flexibility index (Phi) is 4.71. The molecular weight excluding hydrogens is 302 g/mol. The maximum Gasteiger partial charge on any atom is 0.262 e. The van der Waals surface area contributed by atoms with E-state index in [0.29, 0.717) is 0 Å². The Morgan fingerprint density at radius 3 is 2.75 bits per heavy atom. The number of aromatic nitrogens is 3. The van der Waals surface area contributed by atoms with Gasteiger partial charge in [0, 0.05) is 42.8 Å². The van der Waals surface area contributed by atoms with Crippen LogP contribution < -0.4 is 5.32 Å². The Hall–Kier alpha value is -2.94. The summed E-state index contributed by atoms with van der Waals surface area (Å²) in [5.41, 5.74) is 2.46. The van der Waals surface area contributed by atoms with Crippen molar-refractivity contribution in [2.24, 2.45) is 7.05 Å². The third-order valence-electron chi connectivity index (χ3n) is 4.17. The lowest BCUT2D eigenvalue weighted by Crippen LogP contribution is -2.33. The molecule has 0 bridgehead atoms. The minimum absolute atomic E-state index is 0.102. The first-order chi connectivity index (χ1) is 11.7. The molecule has 1 N–H and O–H groups in total. The Bertz CT molecular complexity index is 795. The van der Waals surface area contributed by atoms with E-state index in [9.17, 15) is 10.1 Å². The van der Waals surface area contributed by atoms with Crippen molar-refractivity contribution < 1.29 is 4.79 Å². The van der Waals surface area contributed by atoms with Crippen molar-refractivity contribution in [2.45, 2.75) is 31.7 Å². The fraction of sp³-hybridized carbons (Fsp3) is 0.333. The summed E-state index contributed by atoms with van der Waals surface area (Å²) in [4.78, 5) is 16.4. The number of pyridine rings is 1. The molecule has 0 aliphatic heterocycles. The fourth-order valence-corrected chi connectivity index (χ4v) is 2.98. The van der Waals surface area contributed by atoms with Gasteiger partial charge in [0.15, 0.2) is 0 Å². The first kappa shape index (κ1) is 15.9. The predicted molar refractivity (Wildman–Crippen MR) is 90.4 cm³/mol. The summed E-state index contributed by atoms with van der Waals surface area (Å²) in [6.45, 7) is 0. The molecule has 6 heteroatoms. The molecule has 0 saturated heterocycles. The van der Waals surface area contributed by atoms with Gasteiger partial charge in [0.25, 0.3) is 5.91 Å². The van der Waals surface area contributed by atoms with Gasteiger partial charge >= 0.3 is 0 Å². The van der Waals surface area contributed by atoms with Gasteiger partial charge in [-0.05, 0) is 31.1 Å². The highest BCUT2D eigenvalue weighted by atomic mass is 16.1. The van der Waals surface area contributed by atoms with E-state index in [1.165, 1.54) is 0 Å². The van der Waals surface area contributed by atoms with Crippen LogP contribution >= 0.6 is 0 Å². The molecule has 2 heterocycles. The fourth-order valence-electron chi connectivity index (χ4n) is 2.98. The zero-order chi connectivity index (χ0) is 16.9. The van der Waals surface area contributed by atoms with Crippen molar-refractivity contribution >= 4 is 12.0 Å². The number of hydrogen-bond acceptors (Lipinski definition) is 4. The first-order valence-corrected chi connectivity index (χ1v) is 8.04. The Labute approximate surface area is 140 Å². The van der Waals surface area contributed by atoms with E-state index in [1.54, 1.807) is 29.3 Å². The normalized spacial score (nSPS) is 15.2. The van der Waals surface area contributed by atoms with Crippen molar-refractivity contribution in [3.05, 3.63) is 41.9 Å². The smallest absolute Gasteiger partial charge is 0.262 e. The third-order valence-corrected chi connectivity index (χ3v) is 4.17. The van der Waals surface area contributed by atoms with Gasteiger partial charge in [-0.25, -0.2) is 0 Å². The monoisotopic (exact) mass is 321 g/mol. The summed E-state index contributed by atoms with van der Waals surface area (Å²) in [7, 11) is 1.81. The van der Waals surface area contributed by atoms with Crippen LogP contribution in [0.2, 0.25) is 0 Å². The number of rotatable bonds is 4. The molecule has 24 heavy (non-hydrogen) atoms. The molecule has 6 nitrogen and oxygen atoms in total. The lowest BCUT2D eigenvalue weighted by molar-refractivity contribution is -0.117. The van der Waals surface area contributed by atoms with Gasteiger partial charge in [-0.1, -0.05) is 12.8 Å². The molecule has 0 radical (unpaired) electrons. The average molecular weight is 321 g/mol. The quantitative estimate of drug-likeness (QED) is 0.692. The van der Waals surface area contributed by atoms with Crippen molar-refractivity contribution in [3.8, 4) is 17.3 Å². The minimum Gasteiger partial charge on any atom is -0.349 e. The molecule has 3 rings (SSSR count). The molecule has 1 amide bonds. The van der Waals surface area contributed by atoms with E-state index in [-0.39, 0.29) is 17.5 Å². The number of carbonyl (C=O) groups excluding carboxylic acids is 1. The summed E-state index contributed by atoms with van der Waals surface area (Å²) in [6, 6.07) is 5.90. The highest BCUT2D eigenvalue weighted by Gasteiger charge is 2.20. The van der Waals surface area contributed by atoms with Crippen LogP contribution in [-0.2, 0) is 11.8 Å². The summed E-state index contributed by atoms with van der Waals surface area (Å²) >= 11 is 0. The molecule has 122 valence electrons. The Balaban J connectivity index is 1.88. The molecule has 2 aromatic heterocycles. The lowest BCUT2D eigenvalue weighted by atomic mass is 10.1. The minimum atomic E-state index is -0.311.